The van der Waals surface area contributed by atoms with E-state index in [2.05, 4.69) is 0 Å². The smallest absolute Gasteiger partial charge is 0.324 e. The minimum absolute atomic E-state index is 0.0544. The molecule has 0 aromatic heterocycles. The maximum atomic E-state index is 10.7. The zero-order valence-corrected chi connectivity index (χ0v) is 7.58. The minimum Gasteiger partial charge on any atom is -0.324 e. The number of carbonyl (C=O) groups excluding carboxylic acids is 2. The maximum absolute atomic E-state index is 10.7. The maximum Gasteiger partial charge on any atom is 0.333 e. The highest BCUT2D eigenvalue weighted by Gasteiger charge is 2.23. The van der Waals surface area contributed by atoms with Gasteiger partial charge in [0, 0.05) is 6.42 Å². The van der Waals surface area contributed by atoms with E-state index in [0.717, 1.165) is 0 Å². The molecule has 0 rings (SSSR count). The summed E-state index contributed by atoms with van der Waals surface area (Å²) in [5.41, 5.74) is 0. The monoisotopic (exact) mass is 194 g/mol. The molecule has 2 N–H and O–H groups in total. The van der Waals surface area contributed by atoms with Crippen molar-refractivity contribution in [2.45, 2.75) is 19.8 Å². The average Bonchev–Trinajstić information content (AvgIpc) is 1.84. The standard InChI is InChI=1S/C6H11O5P/c1-2-3-5(7)6(8)4-12(9,10)11/h2-4H2,1H3,(H2,9,10,11). The second kappa shape index (κ2) is 4.50. The number of carbonyl (C=O) groups is 2. The third-order valence-corrected chi connectivity index (χ3v) is 1.84. The zero-order valence-electron chi connectivity index (χ0n) is 6.69. The summed E-state index contributed by atoms with van der Waals surface area (Å²) in [4.78, 5) is 38.1. The van der Waals surface area contributed by atoms with E-state index in [1.807, 2.05) is 0 Å². The van der Waals surface area contributed by atoms with E-state index in [-0.39, 0.29) is 6.42 Å². The van der Waals surface area contributed by atoms with Gasteiger partial charge in [-0.3, -0.25) is 14.2 Å². The molecule has 0 aromatic rings. The average molecular weight is 194 g/mol. The Kier molecular flexibility index (Phi) is 4.31. The molecule has 0 spiro atoms. The third kappa shape index (κ3) is 5.18. The first-order valence-electron chi connectivity index (χ1n) is 3.47. The molecule has 0 bridgehead atoms. The van der Waals surface area contributed by atoms with Crippen molar-refractivity contribution in [2.75, 3.05) is 6.16 Å². The molecule has 0 saturated carbocycles. The third-order valence-electron chi connectivity index (χ3n) is 1.14. The Morgan fingerprint density at radius 2 is 1.75 bits per heavy atom. The topological polar surface area (TPSA) is 91.7 Å². The fraction of sp³-hybridized carbons (Fsp3) is 0.667. The number of Topliss-reactive ketones (excluding diaryl/α,β-unsaturated/α-hetero) is 2. The molecule has 12 heavy (non-hydrogen) atoms. The van der Waals surface area contributed by atoms with E-state index in [4.69, 9.17) is 9.79 Å². The molecular weight excluding hydrogens is 183 g/mol. The van der Waals surface area contributed by atoms with Gasteiger partial charge in [-0.1, -0.05) is 6.92 Å². The second-order valence-corrected chi connectivity index (χ2v) is 4.06. The first-order valence-corrected chi connectivity index (χ1v) is 5.27. The quantitative estimate of drug-likeness (QED) is 0.478. The van der Waals surface area contributed by atoms with Crippen molar-refractivity contribution >= 4 is 19.2 Å². The van der Waals surface area contributed by atoms with Gasteiger partial charge < -0.3 is 9.79 Å². The molecular formula is C6H11O5P. The van der Waals surface area contributed by atoms with Crippen LogP contribution in [0.3, 0.4) is 0 Å². The molecule has 0 aliphatic carbocycles. The van der Waals surface area contributed by atoms with Crippen LogP contribution >= 0.6 is 7.60 Å². The van der Waals surface area contributed by atoms with Crippen LogP contribution in [0.15, 0.2) is 0 Å². The highest BCUT2D eigenvalue weighted by molar-refractivity contribution is 7.53. The van der Waals surface area contributed by atoms with Gasteiger partial charge in [-0.15, -0.1) is 0 Å². The number of ketones is 2. The van der Waals surface area contributed by atoms with Crippen LogP contribution in [0.2, 0.25) is 0 Å². The fourth-order valence-corrected chi connectivity index (χ4v) is 1.19. The van der Waals surface area contributed by atoms with Crippen molar-refractivity contribution < 1.29 is 23.9 Å². The number of rotatable bonds is 5. The lowest BCUT2D eigenvalue weighted by Crippen LogP contribution is -2.17. The summed E-state index contributed by atoms with van der Waals surface area (Å²) in [6.07, 6.45) is -0.406. The Morgan fingerprint density at radius 1 is 1.25 bits per heavy atom. The lowest BCUT2D eigenvalue weighted by atomic mass is 10.2. The Bertz CT molecular complexity index is 228. The molecule has 70 valence electrons. The van der Waals surface area contributed by atoms with Gasteiger partial charge in [0.05, 0.1) is 0 Å². The predicted molar refractivity (Wildman–Crippen MR) is 41.8 cm³/mol. The van der Waals surface area contributed by atoms with E-state index >= 15 is 0 Å². The Labute approximate surface area is 69.9 Å². The first-order chi connectivity index (χ1) is 5.37. The molecule has 0 unspecified atom stereocenters. The molecule has 0 atom stereocenters. The molecule has 0 radical (unpaired) electrons. The van der Waals surface area contributed by atoms with Crippen LogP contribution in [0, 0.1) is 0 Å². The van der Waals surface area contributed by atoms with Crippen molar-refractivity contribution in [3.8, 4) is 0 Å². The molecule has 0 aliphatic rings. The van der Waals surface area contributed by atoms with E-state index in [0.29, 0.717) is 6.42 Å². The summed E-state index contributed by atoms with van der Waals surface area (Å²) in [6, 6.07) is 0. The van der Waals surface area contributed by atoms with Gasteiger partial charge in [0.1, 0.15) is 6.16 Å². The van der Waals surface area contributed by atoms with Gasteiger partial charge in [0.2, 0.25) is 5.78 Å². The molecule has 0 aromatic carbocycles. The van der Waals surface area contributed by atoms with Crippen molar-refractivity contribution in [1.82, 2.24) is 0 Å². The summed E-state index contributed by atoms with van der Waals surface area (Å²) in [7, 11) is -4.37. The van der Waals surface area contributed by atoms with Crippen LogP contribution in [0.25, 0.3) is 0 Å². The van der Waals surface area contributed by atoms with Crippen LogP contribution in [0.1, 0.15) is 19.8 Å². The van der Waals surface area contributed by atoms with Crippen LogP contribution in [-0.2, 0) is 14.2 Å². The van der Waals surface area contributed by atoms with E-state index in [1.165, 1.54) is 0 Å². The molecule has 5 nitrogen and oxygen atoms in total. The van der Waals surface area contributed by atoms with Crippen molar-refractivity contribution in [3.63, 3.8) is 0 Å². The summed E-state index contributed by atoms with van der Waals surface area (Å²) >= 11 is 0. The molecule has 6 heteroatoms. The van der Waals surface area contributed by atoms with Crippen LogP contribution in [0.5, 0.6) is 0 Å². The normalized spacial score (nSPS) is 11.2. The van der Waals surface area contributed by atoms with Gasteiger partial charge in [0.15, 0.2) is 5.78 Å². The first kappa shape index (κ1) is 11.5. The van der Waals surface area contributed by atoms with Gasteiger partial charge in [0.25, 0.3) is 0 Å². The fourth-order valence-electron chi connectivity index (χ4n) is 0.642. The largest absolute Gasteiger partial charge is 0.333 e. The van der Waals surface area contributed by atoms with Crippen molar-refractivity contribution in [1.29, 1.82) is 0 Å². The van der Waals surface area contributed by atoms with Crippen LogP contribution < -0.4 is 0 Å². The van der Waals surface area contributed by atoms with E-state index in [1.54, 1.807) is 6.92 Å². The summed E-state index contributed by atoms with van der Waals surface area (Å²) < 4.78 is 10.3. The summed E-state index contributed by atoms with van der Waals surface area (Å²) in [6.45, 7) is 1.71. The zero-order chi connectivity index (χ0) is 9.78. The molecule has 0 heterocycles. The van der Waals surface area contributed by atoms with Gasteiger partial charge in [-0.2, -0.15) is 0 Å². The molecule has 0 fully saturated rings. The van der Waals surface area contributed by atoms with Crippen molar-refractivity contribution in [3.05, 3.63) is 0 Å². The van der Waals surface area contributed by atoms with Crippen molar-refractivity contribution in [2.24, 2.45) is 0 Å². The highest BCUT2D eigenvalue weighted by atomic mass is 31.2. The Hall–Kier alpha value is -0.510. The Balaban J connectivity index is 4.06. The Morgan fingerprint density at radius 3 is 2.08 bits per heavy atom. The summed E-state index contributed by atoms with van der Waals surface area (Å²) in [5.74, 6) is -1.69. The summed E-state index contributed by atoms with van der Waals surface area (Å²) in [5, 5.41) is 0. The molecule has 0 amide bonds. The minimum atomic E-state index is -4.37. The SMILES string of the molecule is CCCC(=O)C(=O)CP(=O)(O)O. The molecule has 0 aliphatic heterocycles. The number of hydrogen-bond acceptors (Lipinski definition) is 3. The predicted octanol–water partition coefficient (Wildman–Crippen LogP) is 0.102. The van der Waals surface area contributed by atoms with E-state index in [9.17, 15) is 14.2 Å². The lowest BCUT2D eigenvalue weighted by Gasteiger charge is -2.00. The highest BCUT2D eigenvalue weighted by Crippen LogP contribution is 2.33. The van der Waals surface area contributed by atoms with Gasteiger partial charge in [-0.05, 0) is 6.42 Å². The van der Waals surface area contributed by atoms with Crippen LogP contribution in [0.4, 0.5) is 0 Å². The van der Waals surface area contributed by atoms with Gasteiger partial charge >= 0.3 is 7.60 Å². The lowest BCUT2D eigenvalue weighted by molar-refractivity contribution is -0.135. The van der Waals surface area contributed by atoms with E-state index < -0.39 is 25.3 Å². The molecule has 0 saturated heterocycles. The number of hydrogen-bond donors (Lipinski definition) is 2. The second-order valence-electron chi connectivity index (χ2n) is 2.42. The van der Waals surface area contributed by atoms with Crippen LogP contribution in [-0.4, -0.2) is 27.5 Å². The van der Waals surface area contributed by atoms with Gasteiger partial charge in [-0.25, -0.2) is 0 Å².